The molecule has 0 bridgehead atoms. The zero-order valence-electron chi connectivity index (χ0n) is 15.8. The Balaban J connectivity index is 1.66. The van der Waals surface area contributed by atoms with E-state index in [2.05, 4.69) is 11.6 Å². The van der Waals surface area contributed by atoms with Crippen LogP contribution >= 0.6 is 0 Å². The summed E-state index contributed by atoms with van der Waals surface area (Å²) in [5, 5.41) is -0.255. The van der Waals surface area contributed by atoms with Crippen LogP contribution in [0.15, 0.2) is 24.3 Å². The second kappa shape index (κ2) is 8.61. The molecule has 5 nitrogen and oxygen atoms in total. The van der Waals surface area contributed by atoms with Gasteiger partial charge in [-0.05, 0) is 62.3 Å². The first-order chi connectivity index (χ1) is 12.5. The topological polar surface area (TPSA) is 64.6 Å². The molecule has 4 unspecified atom stereocenters. The van der Waals surface area contributed by atoms with E-state index in [1.54, 1.807) is 7.11 Å². The van der Waals surface area contributed by atoms with Crippen LogP contribution in [-0.2, 0) is 10.0 Å². The largest absolute Gasteiger partial charge is 0.497 e. The Hall–Kier alpha value is -1.27. The van der Waals surface area contributed by atoms with Crippen molar-refractivity contribution in [3.63, 3.8) is 0 Å². The first-order valence-electron chi connectivity index (χ1n) is 9.80. The molecule has 26 heavy (non-hydrogen) atoms. The number of hydrogen-bond donors (Lipinski definition) is 1. The van der Waals surface area contributed by atoms with Crippen LogP contribution in [0.5, 0.6) is 11.5 Å². The summed E-state index contributed by atoms with van der Waals surface area (Å²) in [5.74, 6) is 2.03. The average molecular weight is 382 g/mol. The van der Waals surface area contributed by atoms with Gasteiger partial charge in [0.25, 0.3) is 0 Å². The number of methoxy groups -OCH3 is 1. The van der Waals surface area contributed by atoms with Crippen LogP contribution in [0.1, 0.15) is 58.3 Å². The minimum absolute atomic E-state index is 0.118. The summed E-state index contributed by atoms with van der Waals surface area (Å²) < 4.78 is 40.1. The highest BCUT2D eigenvalue weighted by Gasteiger charge is 2.35. The number of hydrogen-bond acceptors (Lipinski definition) is 4. The van der Waals surface area contributed by atoms with E-state index in [4.69, 9.17) is 9.47 Å². The number of rotatable bonds is 6. The first kappa shape index (κ1) is 19.5. The van der Waals surface area contributed by atoms with Gasteiger partial charge < -0.3 is 9.47 Å². The highest BCUT2D eigenvalue weighted by molar-refractivity contribution is 7.90. The van der Waals surface area contributed by atoms with Gasteiger partial charge in [0.15, 0.2) is 0 Å². The van der Waals surface area contributed by atoms with Gasteiger partial charge in [0, 0.05) is 0 Å². The average Bonchev–Trinajstić information content (AvgIpc) is 2.64. The Bertz CT molecular complexity index is 674. The van der Waals surface area contributed by atoms with Crippen molar-refractivity contribution in [2.75, 3.05) is 7.11 Å². The lowest BCUT2D eigenvalue weighted by Crippen LogP contribution is -2.50. The van der Waals surface area contributed by atoms with Gasteiger partial charge in [-0.25, -0.2) is 13.1 Å². The Morgan fingerprint density at radius 3 is 2.35 bits per heavy atom. The molecule has 0 heterocycles. The summed E-state index contributed by atoms with van der Waals surface area (Å²) >= 11 is 0. The van der Waals surface area contributed by atoms with E-state index in [9.17, 15) is 8.42 Å². The van der Waals surface area contributed by atoms with E-state index >= 15 is 0 Å². The van der Waals surface area contributed by atoms with Gasteiger partial charge in [-0.1, -0.05) is 26.2 Å². The lowest BCUT2D eigenvalue weighted by Gasteiger charge is -2.34. The van der Waals surface area contributed by atoms with Gasteiger partial charge in [0.2, 0.25) is 10.0 Å². The molecule has 2 saturated carbocycles. The Labute approximate surface area is 157 Å². The molecule has 3 rings (SSSR count). The molecule has 2 fully saturated rings. The van der Waals surface area contributed by atoms with Gasteiger partial charge in [-0.2, -0.15) is 0 Å². The Morgan fingerprint density at radius 1 is 0.962 bits per heavy atom. The van der Waals surface area contributed by atoms with Crippen LogP contribution in [0.2, 0.25) is 0 Å². The van der Waals surface area contributed by atoms with Crippen molar-refractivity contribution in [2.45, 2.75) is 75.7 Å². The molecule has 6 heteroatoms. The lowest BCUT2D eigenvalue weighted by molar-refractivity contribution is 0.124. The predicted molar refractivity (Wildman–Crippen MR) is 103 cm³/mol. The van der Waals surface area contributed by atoms with Crippen molar-refractivity contribution in [1.82, 2.24) is 4.72 Å². The predicted octanol–water partition coefficient (Wildman–Crippen LogP) is 3.88. The molecule has 0 amide bonds. The number of ether oxygens (including phenoxy) is 2. The minimum atomic E-state index is -3.30. The first-order valence-corrected chi connectivity index (χ1v) is 11.3. The third kappa shape index (κ3) is 4.92. The monoisotopic (exact) mass is 381 g/mol. The fourth-order valence-corrected chi connectivity index (χ4v) is 6.11. The van der Waals surface area contributed by atoms with Crippen LogP contribution in [-0.4, -0.2) is 32.9 Å². The van der Waals surface area contributed by atoms with Crippen molar-refractivity contribution in [2.24, 2.45) is 5.92 Å². The van der Waals surface area contributed by atoms with Gasteiger partial charge in [-0.3, -0.25) is 0 Å². The smallest absolute Gasteiger partial charge is 0.214 e. The SMILES string of the molecule is COc1ccc(OC2CCCCC2NS(=O)(=O)C2CCCC(C)C2)cc1. The van der Waals surface area contributed by atoms with E-state index in [1.807, 2.05) is 24.3 Å². The van der Waals surface area contributed by atoms with Crippen molar-refractivity contribution in [3.8, 4) is 11.5 Å². The third-order valence-electron chi connectivity index (χ3n) is 5.69. The van der Waals surface area contributed by atoms with Gasteiger partial charge in [-0.15, -0.1) is 0 Å². The summed E-state index contributed by atoms with van der Waals surface area (Å²) in [5.41, 5.74) is 0. The molecule has 4 atom stereocenters. The van der Waals surface area contributed by atoms with Crippen LogP contribution in [0, 0.1) is 5.92 Å². The zero-order valence-corrected chi connectivity index (χ0v) is 16.6. The summed E-state index contributed by atoms with van der Waals surface area (Å²) in [4.78, 5) is 0. The van der Waals surface area contributed by atoms with Gasteiger partial charge in [0.1, 0.15) is 17.6 Å². The van der Waals surface area contributed by atoms with Crippen LogP contribution < -0.4 is 14.2 Å². The van der Waals surface area contributed by atoms with Crippen molar-refractivity contribution in [1.29, 1.82) is 0 Å². The van der Waals surface area contributed by atoms with Crippen molar-refractivity contribution in [3.05, 3.63) is 24.3 Å². The molecule has 1 aromatic rings. The molecule has 0 saturated heterocycles. The van der Waals surface area contributed by atoms with Crippen molar-refractivity contribution >= 4 is 10.0 Å². The van der Waals surface area contributed by atoms with Crippen LogP contribution in [0.4, 0.5) is 0 Å². The third-order valence-corrected chi connectivity index (χ3v) is 7.63. The Morgan fingerprint density at radius 2 is 1.65 bits per heavy atom. The highest BCUT2D eigenvalue weighted by Crippen LogP contribution is 2.30. The molecule has 2 aliphatic rings. The summed E-state index contributed by atoms with van der Waals surface area (Å²) in [6.07, 6.45) is 7.39. The van der Waals surface area contributed by atoms with E-state index in [1.165, 1.54) is 0 Å². The summed E-state index contributed by atoms with van der Waals surface area (Å²) in [7, 11) is -1.67. The second-order valence-electron chi connectivity index (χ2n) is 7.78. The quantitative estimate of drug-likeness (QED) is 0.812. The standard InChI is InChI=1S/C20H31NO4S/c1-15-6-5-7-18(14-15)26(22,23)21-19-8-3-4-9-20(19)25-17-12-10-16(24-2)11-13-17/h10-13,15,18-21H,3-9,14H2,1-2H3. The van der Waals surface area contributed by atoms with E-state index in [-0.39, 0.29) is 17.4 Å². The molecule has 146 valence electrons. The van der Waals surface area contributed by atoms with Gasteiger partial charge in [0.05, 0.1) is 18.4 Å². The minimum Gasteiger partial charge on any atom is -0.497 e. The zero-order chi connectivity index (χ0) is 18.6. The number of sulfonamides is 1. The highest BCUT2D eigenvalue weighted by atomic mass is 32.2. The van der Waals surface area contributed by atoms with E-state index in [0.717, 1.165) is 62.9 Å². The van der Waals surface area contributed by atoms with Gasteiger partial charge >= 0.3 is 0 Å². The molecular weight excluding hydrogens is 350 g/mol. The fraction of sp³-hybridized carbons (Fsp3) is 0.700. The van der Waals surface area contributed by atoms with E-state index < -0.39 is 10.0 Å². The molecule has 1 N–H and O–H groups in total. The molecule has 0 radical (unpaired) electrons. The second-order valence-corrected chi connectivity index (χ2v) is 9.77. The Kier molecular flexibility index (Phi) is 6.46. The van der Waals surface area contributed by atoms with Crippen molar-refractivity contribution < 1.29 is 17.9 Å². The molecule has 0 spiro atoms. The summed E-state index contributed by atoms with van der Waals surface area (Å²) in [6.45, 7) is 2.15. The normalized spacial score (nSPS) is 29.9. The van der Waals surface area contributed by atoms with Crippen LogP contribution in [0.25, 0.3) is 0 Å². The van der Waals surface area contributed by atoms with E-state index in [0.29, 0.717) is 5.92 Å². The number of nitrogens with one attached hydrogen (secondary N) is 1. The molecule has 0 aromatic heterocycles. The maximum absolute atomic E-state index is 12.9. The number of benzene rings is 1. The molecular formula is C20H31NO4S. The fourth-order valence-electron chi connectivity index (χ4n) is 4.17. The summed E-state index contributed by atoms with van der Waals surface area (Å²) in [6, 6.07) is 7.33. The lowest BCUT2D eigenvalue weighted by atomic mass is 9.91. The molecule has 2 aliphatic carbocycles. The maximum atomic E-state index is 12.9. The molecule has 0 aliphatic heterocycles. The van der Waals surface area contributed by atoms with Crippen LogP contribution in [0.3, 0.4) is 0 Å². The maximum Gasteiger partial charge on any atom is 0.214 e. The molecule has 1 aromatic carbocycles.